The van der Waals surface area contributed by atoms with Crippen LogP contribution in [0.5, 0.6) is 5.75 Å². The molecule has 0 aliphatic carbocycles. The fraction of sp³-hybridized carbons (Fsp3) is 0.500. The van der Waals surface area contributed by atoms with Crippen LogP contribution in [0, 0.1) is 17.8 Å². The minimum absolute atomic E-state index is 0.228. The quantitative estimate of drug-likeness (QED) is 0.827. The molecule has 1 atom stereocenters. The first-order valence-corrected chi connectivity index (χ1v) is 7.22. The molecule has 0 saturated carbocycles. The molecule has 1 aromatic rings. The van der Waals surface area contributed by atoms with Crippen LogP contribution >= 0.6 is 15.9 Å². The van der Waals surface area contributed by atoms with Crippen molar-refractivity contribution in [1.82, 2.24) is 5.32 Å². The van der Waals surface area contributed by atoms with Crippen LogP contribution < -0.4 is 10.1 Å². The topological polar surface area (TPSA) is 21.3 Å². The summed E-state index contributed by atoms with van der Waals surface area (Å²) in [7, 11) is 0. The Morgan fingerprint density at radius 3 is 2.68 bits per heavy atom. The molecule has 19 heavy (non-hydrogen) atoms. The Balaban J connectivity index is 2.76. The number of benzene rings is 1. The number of rotatable bonds is 5. The van der Waals surface area contributed by atoms with Crippen LogP contribution in [0.1, 0.15) is 33.3 Å². The van der Waals surface area contributed by atoms with E-state index in [0.717, 1.165) is 22.3 Å². The number of hydrogen-bond acceptors (Lipinski definition) is 2. The molecule has 0 fully saturated rings. The standard InChI is InChI=1S/C16H22BrNO/c1-6-9-19-15-8-7-14(17)10-13(15)11-18-12(2)16(3,4)5/h1,7-8,10,12,18H,9,11H2,2-5H3. The number of terminal acetylenes is 1. The second kappa shape index (κ2) is 6.98. The summed E-state index contributed by atoms with van der Waals surface area (Å²) in [6, 6.07) is 6.38. The smallest absolute Gasteiger partial charge is 0.148 e. The largest absolute Gasteiger partial charge is 0.481 e. The molecule has 0 radical (unpaired) electrons. The van der Waals surface area contributed by atoms with E-state index >= 15 is 0 Å². The molecule has 0 heterocycles. The van der Waals surface area contributed by atoms with E-state index in [-0.39, 0.29) is 5.41 Å². The van der Waals surface area contributed by atoms with Crippen molar-refractivity contribution in [2.24, 2.45) is 5.41 Å². The van der Waals surface area contributed by atoms with Gasteiger partial charge < -0.3 is 10.1 Å². The van der Waals surface area contributed by atoms with Crippen LogP contribution in [0.2, 0.25) is 0 Å². The summed E-state index contributed by atoms with van der Waals surface area (Å²) in [5.41, 5.74) is 1.34. The van der Waals surface area contributed by atoms with Crippen LogP contribution in [-0.4, -0.2) is 12.6 Å². The molecule has 1 rings (SSSR count). The van der Waals surface area contributed by atoms with Gasteiger partial charge in [-0.3, -0.25) is 0 Å². The van der Waals surface area contributed by atoms with Gasteiger partial charge in [0.15, 0.2) is 0 Å². The summed E-state index contributed by atoms with van der Waals surface area (Å²) < 4.78 is 6.60. The molecule has 1 aromatic carbocycles. The Bertz CT molecular complexity index is 457. The molecule has 2 nitrogen and oxygen atoms in total. The van der Waals surface area contributed by atoms with Gasteiger partial charge in [0.2, 0.25) is 0 Å². The van der Waals surface area contributed by atoms with Gasteiger partial charge in [-0.2, -0.15) is 0 Å². The third-order valence-corrected chi connectivity index (χ3v) is 3.72. The lowest BCUT2D eigenvalue weighted by Crippen LogP contribution is -2.37. The average Bonchev–Trinajstić information content (AvgIpc) is 2.33. The summed E-state index contributed by atoms with van der Waals surface area (Å²) in [5, 5.41) is 3.53. The number of ether oxygens (including phenoxy) is 1. The highest BCUT2D eigenvalue weighted by atomic mass is 79.9. The molecular weight excluding hydrogens is 302 g/mol. The molecule has 0 saturated heterocycles. The molecule has 0 bridgehead atoms. The summed E-state index contributed by atoms with van der Waals surface area (Å²) in [4.78, 5) is 0. The maximum absolute atomic E-state index is 5.56. The molecule has 0 aromatic heterocycles. The van der Waals surface area contributed by atoms with Crippen molar-refractivity contribution in [2.45, 2.75) is 40.3 Å². The molecule has 0 aliphatic heterocycles. The SMILES string of the molecule is C#CCOc1ccc(Br)cc1CNC(C)C(C)(C)C. The monoisotopic (exact) mass is 323 g/mol. The molecule has 0 spiro atoms. The maximum Gasteiger partial charge on any atom is 0.148 e. The van der Waals surface area contributed by atoms with Crippen molar-refractivity contribution in [1.29, 1.82) is 0 Å². The summed E-state index contributed by atoms with van der Waals surface area (Å²) in [5.74, 6) is 3.34. The first-order valence-electron chi connectivity index (χ1n) is 6.42. The Hall–Kier alpha value is -0.980. The second-order valence-corrected chi connectivity index (χ2v) is 6.63. The normalized spacial score (nSPS) is 12.8. The van der Waals surface area contributed by atoms with Gasteiger partial charge in [0, 0.05) is 22.6 Å². The van der Waals surface area contributed by atoms with Gasteiger partial charge in [0.25, 0.3) is 0 Å². The average molecular weight is 324 g/mol. The van der Waals surface area contributed by atoms with Crippen molar-refractivity contribution < 1.29 is 4.74 Å². The van der Waals surface area contributed by atoms with Gasteiger partial charge in [-0.05, 0) is 30.5 Å². The highest BCUT2D eigenvalue weighted by Gasteiger charge is 2.19. The Kier molecular flexibility index (Phi) is 5.90. The third-order valence-electron chi connectivity index (χ3n) is 3.23. The molecular formula is C16H22BrNO. The van der Waals surface area contributed by atoms with Crippen LogP contribution in [0.4, 0.5) is 0 Å². The van der Waals surface area contributed by atoms with Crippen LogP contribution in [-0.2, 0) is 6.54 Å². The van der Waals surface area contributed by atoms with Gasteiger partial charge in [0.05, 0.1) is 0 Å². The predicted octanol–water partition coefficient (Wildman–Crippen LogP) is 3.99. The van der Waals surface area contributed by atoms with Crippen molar-refractivity contribution >= 4 is 15.9 Å². The lowest BCUT2D eigenvalue weighted by molar-refractivity contribution is 0.283. The molecule has 0 aliphatic rings. The zero-order chi connectivity index (χ0) is 14.5. The van der Waals surface area contributed by atoms with Gasteiger partial charge in [0.1, 0.15) is 12.4 Å². The number of hydrogen-bond donors (Lipinski definition) is 1. The van der Waals surface area contributed by atoms with Crippen molar-refractivity contribution in [3.63, 3.8) is 0 Å². The first kappa shape index (κ1) is 16.1. The van der Waals surface area contributed by atoms with Gasteiger partial charge in [-0.1, -0.05) is 42.6 Å². The van der Waals surface area contributed by atoms with Crippen LogP contribution in [0.15, 0.2) is 22.7 Å². The van der Waals surface area contributed by atoms with Gasteiger partial charge in [-0.25, -0.2) is 0 Å². The Labute approximate surface area is 125 Å². The van der Waals surface area contributed by atoms with E-state index in [4.69, 9.17) is 11.2 Å². The van der Waals surface area contributed by atoms with Crippen molar-refractivity contribution in [3.05, 3.63) is 28.2 Å². The minimum Gasteiger partial charge on any atom is -0.481 e. The zero-order valence-electron chi connectivity index (χ0n) is 12.1. The highest BCUT2D eigenvalue weighted by molar-refractivity contribution is 9.10. The fourth-order valence-corrected chi connectivity index (χ4v) is 1.92. The zero-order valence-corrected chi connectivity index (χ0v) is 13.7. The Morgan fingerprint density at radius 1 is 1.42 bits per heavy atom. The van der Waals surface area contributed by atoms with Gasteiger partial charge >= 0.3 is 0 Å². The summed E-state index contributed by atoms with van der Waals surface area (Å²) in [6.45, 7) is 9.92. The van der Waals surface area contributed by atoms with E-state index in [0.29, 0.717) is 12.6 Å². The first-order chi connectivity index (χ1) is 8.84. The van der Waals surface area contributed by atoms with E-state index in [9.17, 15) is 0 Å². The lowest BCUT2D eigenvalue weighted by Gasteiger charge is -2.28. The maximum atomic E-state index is 5.56. The fourth-order valence-electron chi connectivity index (χ4n) is 1.52. The van der Waals surface area contributed by atoms with Crippen LogP contribution in [0.25, 0.3) is 0 Å². The van der Waals surface area contributed by atoms with Crippen molar-refractivity contribution in [3.8, 4) is 18.1 Å². The molecule has 0 amide bonds. The molecule has 3 heteroatoms. The minimum atomic E-state index is 0.228. The Morgan fingerprint density at radius 2 is 2.11 bits per heavy atom. The van der Waals surface area contributed by atoms with E-state index in [2.05, 4.69) is 60.9 Å². The summed E-state index contributed by atoms with van der Waals surface area (Å²) >= 11 is 3.49. The highest BCUT2D eigenvalue weighted by Crippen LogP contribution is 2.25. The molecule has 1 unspecified atom stereocenters. The lowest BCUT2D eigenvalue weighted by atomic mass is 9.88. The molecule has 1 N–H and O–H groups in total. The predicted molar refractivity (Wildman–Crippen MR) is 84.2 cm³/mol. The third kappa shape index (κ3) is 5.26. The van der Waals surface area contributed by atoms with Crippen LogP contribution in [0.3, 0.4) is 0 Å². The second-order valence-electron chi connectivity index (χ2n) is 5.71. The van der Waals surface area contributed by atoms with E-state index in [1.54, 1.807) is 0 Å². The van der Waals surface area contributed by atoms with E-state index in [1.807, 2.05) is 12.1 Å². The van der Waals surface area contributed by atoms with Crippen molar-refractivity contribution in [2.75, 3.05) is 6.61 Å². The number of halogens is 1. The number of nitrogens with one attached hydrogen (secondary N) is 1. The van der Waals surface area contributed by atoms with E-state index in [1.165, 1.54) is 0 Å². The molecule has 104 valence electrons. The van der Waals surface area contributed by atoms with Gasteiger partial charge in [-0.15, -0.1) is 6.42 Å². The van der Waals surface area contributed by atoms with E-state index < -0.39 is 0 Å². The summed E-state index contributed by atoms with van der Waals surface area (Å²) in [6.07, 6.45) is 5.24.